The molecule has 0 fully saturated rings. The molecule has 0 aliphatic carbocycles. The molecule has 2 nitrogen and oxygen atoms in total. The highest BCUT2D eigenvalue weighted by molar-refractivity contribution is 9.10. The topological polar surface area (TPSA) is 23.5 Å². The van der Waals surface area contributed by atoms with Crippen molar-refractivity contribution >= 4 is 27.3 Å². The van der Waals surface area contributed by atoms with Gasteiger partial charge < -0.3 is 10.0 Å². The van der Waals surface area contributed by atoms with Crippen LogP contribution in [0.5, 0.6) is 0 Å². The molecule has 1 rings (SSSR count). The average Bonchev–Trinajstić information content (AvgIpc) is 2.48. The minimum atomic E-state index is -0.219. The average molecular weight is 278 g/mol. The third-order valence-corrected chi connectivity index (χ3v) is 3.69. The Hall–Kier alpha value is 0.1000. The fraction of sp³-hybridized carbons (Fsp3) is 0.600. The monoisotopic (exact) mass is 277 g/mol. The number of hydrogen-bond donors (Lipinski definition) is 1. The fourth-order valence-electron chi connectivity index (χ4n) is 1.20. The summed E-state index contributed by atoms with van der Waals surface area (Å²) in [5.74, 6) is 0. The van der Waals surface area contributed by atoms with Crippen LogP contribution in [0.4, 0.5) is 0 Å². The molecule has 1 N–H and O–H groups in total. The van der Waals surface area contributed by atoms with Gasteiger partial charge in [0, 0.05) is 21.2 Å². The second kappa shape index (κ2) is 5.85. The number of aliphatic hydroxyl groups is 1. The molecule has 0 radical (unpaired) electrons. The van der Waals surface area contributed by atoms with E-state index >= 15 is 0 Å². The van der Waals surface area contributed by atoms with Crippen LogP contribution in [-0.2, 0) is 6.42 Å². The Bertz CT molecular complexity index is 275. The Morgan fingerprint density at radius 3 is 2.79 bits per heavy atom. The summed E-state index contributed by atoms with van der Waals surface area (Å²) in [6, 6.07) is 2.07. The highest BCUT2D eigenvalue weighted by atomic mass is 79.9. The van der Waals surface area contributed by atoms with Crippen LogP contribution in [0, 0.1) is 0 Å². The third-order valence-electron chi connectivity index (χ3n) is 1.97. The molecule has 0 bridgehead atoms. The van der Waals surface area contributed by atoms with E-state index in [0.29, 0.717) is 0 Å². The predicted molar refractivity (Wildman–Crippen MR) is 64.9 cm³/mol. The van der Waals surface area contributed by atoms with Crippen molar-refractivity contribution in [2.24, 2.45) is 0 Å². The van der Waals surface area contributed by atoms with Crippen molar-refractivity contribution in [3.8, 4) is 0 Å². The lowest BCUT2D eigenvalue weighted by molar-refractivity contribution is 0.153. The molecular weight excluding hydrogens is 262 g/mol. The molecule has 1 aromatic rings. The van der Waals surface area contributed by atoms with Gasteiger partial charge in [0.1, 0.15) is 0 Å². The molecule has 0 aliphatic rings. The van der Waals surface area contributed by atoms with E-state index in [9.17, 15) is 5.11 Å². The van der Waals surface area contributed by atoms with E-state index in [0.717, 1.165) is 23.9 Å². The summed E-state index contributed by atoms with van der Waals surface area (Å²) < 4.78 is 1.11. The summed E-state index contributed by atoms with van der Waals surface area (Å²) in [6.45, 7) is 0.938. The molecule has 14 heavy (non-hydrogen) atoms. The minimum Gasteiger partial charge on any atom is -0.393 e. The van der Waals surface area contributed by atoms with Gasteiger partial charge in [0.25, 0.3) is 0 Å². The first-order valence-corrected chi connectivity index (χ1v) is 6.31. The van der Waals surface area contributed by atoms with Crippen LogP contribution in [0.25, 0.3) is 0 Å². The zero-order chi connectivity index (χ0) is 10.6. The van der Waals surface area contributed by atoms with Crippen molar-refractivity contribution in [1.82, 2.24) is 4.90 Å². The van der Waals surface area contributed by atoms with E-state index in [4.69, 9.17) is 0 Å². The summed E-state index contributed by atoms with van der Waals surface area (Å²) >= 11 is 5.10. The Morgan fingerprint density at radius 2 is 2.29 bits per heavy atom. The number of rotatable bonds is 5. The highest BCUT2D eigenvalue weighted by Crippen LogP contribution is 2.21. The molecule has 1 aromatic heterocycles. The van der Waals surface area contributed by atoms with Gasteiger partial charge in [-0.05, 0) is 49.1 Å². The lowest BCUT2D eigenvalue weighted by atomic mass is 10.1. The lowest BCUT2D eigenvalue weighted by Crippen LogP contribution is -2.20. The van der Waals surface area contributed by atoms with Crippen LogP contribution in [-0.4, -0.2) is 36.8 Å². The molecular formula is C10H16BrNOS. The molecule has 0 amide bonds. The SMILES string of the molecule is CN(C)CCC(O)Cc1cc(Br)cs1. The van der Waals surface area contributed by atoms with E-state index < -0.39 is 0 Å². The van der Waals surface area contributed by atoms with Gasteiger partial charge in [0.15, 0.2) is 0 Å². The van der Waals surface area contributed by atoms with Crippen LogP contribution < -0.4 is 0 Å². The highest BCUT2D eigenvalue weighted by Gasteiger charge is 2.07. The number of thiophene rings is 1. The molecule has 1 heterocycles. The second-order valence-electron chi connectivity index (χ2n) is 3.68. The van der Waals surface area contributed by atoms with E-state index in [1.54, 1.807) is 11.3 Å². The Morgan fingerprint density at radius 1 is 1.57 bits per heavy atom. The number of aliphatic hydroxyl groups excluding tert-OH is 1. The maximum Gasteiger partial charge on any atom is 0.0600 e. The lowest BCUT2D eigenvalue weighted by Gasteiger charge is -2.13. The quantitative estimate of drug-likeness (QED) is 0.893. The maximum atomic E-state index is 9.73. The van der Waals surface area contributed by atoms with Crippen molar-refractivity contribution in [2.45, 2.75) is 18.9 Å². The second-order valence-corrected chi connectivity index (χ2v) is 5.59. The smallest absolute Gasteiger partial charge is 0.0600 e. The van der Waals surface area contributed by atoms with E-state index in [1.807, 2.05) is 19.5 Å². The van der Waals surface area contributed by atoms with Gasteiger partial charge in [0.2, 0.25) is 0 Å². The van der Waals surface area contributed by atoms with Crippen molar-refractivity contribution < 1.29 is 5.11 Å². The standard InChI is InChI=1S/C10H16BrNOS/c1-12(2)4-3-9(13)6-10-5-8(11)7-14-10/h5,7,9,13H,3-4,6H2,1-2H3. The van der Waals surface area contributed by atoms with Crippen LogP contribution in [0.1, 0.15) is 11.3 Å². The molecule has 4 heteroatoms. The van der Waals surface area contributed by atoms with Crippen LogP contribution >= 0.6 is 27.3 Å². The number of halogens is 1. The molecule has 0 aliphatic heterocycles. The Labute approximate surface area is 97.7 Å². The van der Waals surface area contributed by atoms with E-state index in [-0.39, 0.29) is 6.10 Å². The molecule has 0 saturated heterocycles. The first kappa shape index (κ1) is 12.2. The number of nitrogens with zero attached hydrogens (tertiary/aromatic N) is 1. The van der Waals surface area contributed by atoms with Gasteiger partial charge in [-0.1, -0.05) is 0 Å². The summed E-state index contributed by atoms with van der Waals surface area (Å²) in [7, 11) is 4.04. The Kier molecular flexibility index (Phi) is 5.09. The van der Waals surface area contributed by atoms with Gasteiger partial charge in [-0.15, -0.1) is 11.3 Å². The zero-order valence-electron chi connectivity index (χ0n) is 8.53. The van der Waals surface area contributed by atoms with Crippen molar-refractivity contribution in [3.05, 3.63) is 20.8 Å². The predicted octanol–water partition coefficient (Wildman–Crippen LogP) is 2.37. The Balaban J connectivity index is 2.30. The van der Waals surface area contributed by atoms with Crippen LogP contribution in [0.15, 0.2) is 15.9 Å². The summed E-state index contributed by atoms with van der Waals surface area (Å²) in [5.41, 5.74) is 0. The molecule has 0 spiro atoms. The first-order valence-electron chi connectivity index (χ1n) is 4.63. The van der Waals surface area contributed by atoms with Crippen LogP contribution in [0.2, 0.25) is 0 Å². The molecule has 80 valence electrons. The minimum absolute atomic E-state index is 0.219. The van der Waals surface area contributed by atoms with Gasteiger partial charge in [-0.2, -0.15) is 0 Å². The van der Waals surface area contributed by atoms with Crippen molar-refractivity contribution in [3.63, 3.8) is 0 Å². The van der Waals surface area contributed by atoms with E-state index in [1.165, 1.54) is 4.88 Å². The van der Waals surface area contributed by atoms with Gasteiger partial charge in [0.05, 0.1) is 6.10 Å². The fourth-order valence-corrected chi connectivity index (χ4v) is 2.73. The summed E-state index contributed by atoms with van der Waals surface area (Å²) in [5, 5.41) is 11.8. The molecule has 0 saturated carbocycles. The molecule has 1 unspecified atom stereocenters. The van der Waals surface area contributed by atoms with Gasteiger partial charge in [-0.25, -0.2) is 0 Å². The van der Waals surface area contributed by atoms with Crippen LogP contribution in [0.3, 0.4) is 0 Å². The summed E-state index contributed by atoms with van der Waals surface area (Å²) in [4.78, 5) is 3.33. The zero-order valence-corrected chi connectivity index (χ0v) is 10.9. The summed E-state index contributed by atoms with van der Waals surface area (Å²) in [6.07, 6.45) is 1.38. The number of hydrogen-bond acceptors (Lipinski definition) is 3. The first-order chi connectivity index (χ1) is 6.58. The third kappa shape index (κ3) is 4.55. The van der Waals surface area contributed by atoms with Gasteiger partial charge >= 0.3 is 0 Å². The van der Waals surface area contributed by atoms with Crippen molar-refractivity contribution in [1.29, 1.82) is 0 Å². The normalized spacial score (nSPS) is 13.5. The largest absolute Gasteiger partial charge is 0.393 e. The maximum absolute atomic E-state index is 9.73. The molecule has 1 atom stereocenters. The van der Waals surface area contributed by atoms with E-state index in [2.05, 4.69) is 26.9 Å². The molecule has 0 aromatic carbocycles. The van der Waals surface area contributed by atoms with Gasteiger partial charge in [-0.3, -0.25) is 0 Å². The van der Waals surface area contributed by atoms with Crippen molar-refractivity contribution in [2.75, 3.05) is 20.6 Å².